The standard InChI is InChI=1S/C20H18ClN3OS/c21-16-8-6-14(7-9-16)19(25)22-17-5-3-4-15(12-17)18-13-26-20(23-18)24-10-1-2-11-24/h3-9,12-13H,1-2,10-11H2,(H,22,25). The van der Waals surface area contributed by atoms with E-state index >= 15 is 0 Å². The van der Waals surface area contributed by atoms with Gasteiger partial charge in [0.15, 0.2) is 5.13 Å². The highest BCUT2D eigenvalue weighted by molar-refractivity contribution is 7.14. The Morgan fingerprint density at radius 1 is 1.12 bits per heavy atom. The SMILES string of the molecule is O=C(Nc1cccc(-c2csc(N3CCCC3)n2)c1)c1ccc(Cl)cc1. The van der Waals surface area contributed by atoms with Crippen LogP contribution in [0.3, 0.4) is 0 Å². The summed E-state index contributed by atoms with van der Waals surface area (Å²) in [6, 6.07) is 14.6. The highest BCUT2D eigenvalue weighted by Gasteiger charge is 2.16. The Balaban J connectivity index is 1.51. The zero-order chi connectivity index (χ0) is 17.9. The summed E-state index contributed by atoms with van der Waals surface area (Å²) in [6.07, 6.45) is 2.47. The third kappa shape index (κ3) is 3.74. The number of amides is 1. The highest BCUT2D eigenvalue weighted by Crippen LogP contribution is 2.30. The van der Waals surface area contributed by atoms with Gasteiger partial charge in [0.25, 0.3) is 5.91 Å². The number of rotatable bonds is 4. The molecule has 0 radical (unpaired) electrons. The lowest BCUT2D eigenvalue weighted by atomic mass is 10.1. The Kier molecular flexibility index (Phi) is 4.91. The number of nitrogens with one attached hydrogen (secondary N) is 1. The van der Waals surface area contributed by atoms with Gasteiger partial charge in [0.2, 0.25) is 0 Å². The van der Waals surface area contributed by atoms with Crippen LogP contribution in [0.1, 0.15) is 23.2 Å². The van der Waals surface area contributed by atoms with E-state index in [9.17, 15) is 4.79 Å². The second-order valence-corrected chi connectivity index (χ2v) is 7.52. The Hall–Kier alpha value is -2.37. The average Bonchev–Trinajstić information content (AvgIpc) is 3.34. The molecule has 3 aromatic rings. The first-order valence-electron chi connectivity index (χ1n) is 8.57. The maximum absolute atomic E-state index is 12.4. The van der Waals surface area contributed by atoms with Crippen molar-refractivity contribution >= 4 is 39.7 Å². The normalized spacial score (nSPS) is 13.8. The number of aromatic nitrogens is 1. The van der Waals surface area contributed by atoms with Gasteiger partial charge >= 0.3 is 0 Å². The van der Waals surface area contributed by atoms with Gasteiger partial charge in [-0.15, -0.1) is 11.3 Å². The summed E-state index contributed by atoms with van der Waals surface area (Å²) < 4.78 is 0. The summed E-state index contributed by atoms with van der Waals surface area (Å²) in [6.45, 7) is 2.17. The van der Waals surface area contributed by atoms with E-state index in [1.54, 1.807) is 35.6 Å². The summed E-state index contributed by atoms with van der Waals surface area (Å²) in [7, 11) is 0. The first-order valence-corrected chi connectivity index (χ1v) is 9.83. The van der Waals surface area contributed by atoms with E-state index in [1.807, 2.05) is 24.3 Å². The Labute approximate surface area is 161 Å². The fourth-order valence-corrected chi connectivity index (χ4v) is 4.03. The minimum Gasteiger partial charge on any atom is -0.348 e. The first-order chi connectivity index (χ1) is 12.7. The molecule has 0 saturated carbocycles. The molecule has 2 heterocycles. The lowest BCUT2D eigenvalue weighted by molar-refractivity contribution is 0.102. The molecule has 4 rings (SSSR count). The van der Waals surface area contributed by atoms with Crippen LogP contribution in [-0.4, -0.2) is 24.0 Å². The van der Waals surface area contributed by atoms with E-state index < -0.39 is 0 Å². The molecule has 132 valence electrons. The van der Waals surface area contributed by atoms with Crippen molar-refractivity contribution in [3.05, 3.63) is 64.5 Å². The number of carbonyl (C=O) groups is 1. The van der Waals surface area contributed by atoms with Gasteiger partial charge in [0, 0.05) is 40.3 Å². The number of thiazole rings is 1. The van der Waals surface area contributed by atoms with Crippen LogP contribution in [-0.2, 0) is 0 Å². The third-order valence-electron chi connectivity index (χ3n) is 4.39. The van der Waals surface area contributed by atoms with Crippen LogP contribution >= 0.6 is 22.9 Å². The van der Waals surface area contributed by atoms with E-state index in [4.69, 9.17) is 16.6 Å². The third-order valence-corrected chi connectivity index (χ3v) is 5.54. The monoisotopic (exact) mass is 383 g/mol. The van der Waals surface area contributed by atoms with Crippen molar-refractivity contribution in [2.24, 2.45) is 0 Å². The molecule has 1 aromatic heterocycles. The maximum Gasteiger partial charge on any atom is 0.255 e. The molecule has 0 spiro atoms. The van der Waals surface area contributed by atoms with E-state index in [-0.39, 0.29) is 5.91 Å². The zero-order valence-corrected chi connectivity index (χ0v) is 15.7. The number of halogens is 1. The highest BCUT2D eigenvalue weighted by atomic mass is 35.5. The molecule has 4 nitrogen and oxygen atoms in total. The fraction of sp³-hybridized carbons (Fsp3) is 0.200. The zero-order valence-electron chi connectivity index (χ0n) is 14.1. The van der Waals surface area contributed by atoms with Crippen LogP contribution in [0.4, 0.5) is 10.8 Å². The first kappa shape index (κ1) is 17.1. The van der Waals surface area contributed by atoms with Crippen LogP contribution in [0, 0.1) is 0 Å². The van der Waals surface area contributed by atoms with Crippen molar-refractivity contribution in [2.75, 3.05) is 23.3 Å². The van der Waals surface area contributed by atoms with Crippen LogP contribution in [0.5, 0.6) is 0 Å². The predicted octanol–water partition coefficient (Wildman–Crippen LogP) is 5.32. The molecule has 0 bridgehead atoms. The molecular weight excluding hydrogens is 366 g/mol. The van der Waals surface area contributed by atoms with Gasteiger partial charge in [-0.2, -0.15) is 0 Å². The number of anilines is 2. The van der Waals surface area contributed by atoms with Crippen LogP contribution in [0.25, 0.3) is 11.3 Å². The number of benzene rings is 2. The van der Waals surface area contributed by atoms with Crippen molar-refractivity contribution in [1.82, 2.24) is 4.98 Å². The van der Waals surface area contributed by atoms with Crippen molar-refractivity contribution in [2.45, 2.75) is 12.8 Å². The van der Waals surface area contributed by atoms with Gasteiger partial charge in [0.05, 0.1) is 5.69 Å². The number of carbonyl (C=O) groups excluding carboxylic acids is 1. The summed E-state index contributed by atoms with van der Waals surface area (Å²) in [5.41, 5.74) is 3.27. The van der Waals surface area contributed by atoms with E-state index in [2.05, 4.69) is 15.6 Å². The number of nitrogens with zero attached hydrogens (tertiary/aromatic N) is 2. The van der Waals surface area contributed by atoms with Gasteiger partial charge in [-0.3, -0.25) is 4.79 Å². The Morgan fingerprint density at radius 3 is 2.65 bits per heavy atom. The van der Waals surface area contributed by atoms with Crippen LogP contribution < -0.4 is 10.2 Å². The van der Waals surface area contributed by atoms with E-state index in [0.29, 0.717) is 10.6 Å². The summed E-state index contributed by atoms with van der Waals surface area (Å²) in [4.78, 5) is 19.5. The minimum atomic E-state index is -0.158. The van der Waals surface area contributed by atoms with Crippen molar-refractivity contribution in [3.8, 4) is 11.3 Å². The molecule has 6 heteroatoms. The maximum atomic E-state index is 12.4. The minimum absolute atomic E-state index is 0.158. The molecule has 1 aliphatic heterocycles. The largest absolute Gasteiger partial charge is 0.348 e. The van der Waals surface area contributed by atoms with Gasteiger partial charge in [-0.25, -0.2) is 4.98 Å². The van der Waals surface area contributed by atoms with Crippen molar-refractivity contribution in [3.63, 3.8) is 0 Å². The van der Waals surface area contributed by atoms with Gasteiger partial charge in [0.1, 0.15) is 0 Å². The Bertz CT molecular complexity index is 917. The van der Waals surface area contributed by atoms with Gasteiger partial charge < -0.3 is 10.2 Å². The molecule has 1 amide bonds. The molecule has 26 heavy (non-hydrogen) atoms. The van der Waals surface area contributed by atoms with E-state index in [1.165, 1.54) is 12.8 Å². The molecule has 1 saturated heterocycles. The smallest absolute Gasteiger partial charge is 0.255 e. The van der Waals surface area contributed by atoms with E-state index in [0.717, 1.165) is 35.2 Å². The van der Waals surface area contributed by atoms with Gasteiger partial charge in [-0.1, -0.05) is 23.7 Å². The molecule has 0 aliphatic carbocycles. The molecule has 0 unspecified atom stereocenters. The number of hydrogen-bond acceptors (Lipinski definition) is 4. The lowest BCUT2D eigenvalue weighted by Crippen LogP contribution is -2.17. The summed E-state index contributed by atoms with van der Waals surface area (Å²) >= 11 is 7.55. The topological polar surface area (TPSA) is 45.2 Å². The predicted molar refractivity (Wildman–Crippen MR) is 108 cm³/mol. The Morgan fingerprint density at radius 2 is 1.88 bits per heavy atom. The second-order valence-electron chi connectivity index (χ2n) is 6.25. The molecule has 0 atom stereocenters. The molecule has 1 N–H and O–H groups in total. The van der Waals surface area contributed by atoms with Gasteiger partial charge in [-0.05, 0) is 49.2 Å². The lowest BCUT2D eigenvalue weighted by Gasteiger charge is -2.12. The summed E-state index contributed by atoms with van der Waals surface area (Å²) in [5.74, 6) is -0.158. The molecule has 1 aliphatic rings. The quantitative estimate of drug-likeness (QED) is 0.663. The second kappa shape index (κ2) is 7.48. The molecule has 2 aromatic carbocycles. The number of hydrogen-bond donors (Lipinski definition) is 1. The average molecular weight is 384 g/mol. The van der Waals surface area contributed by atoms with Crippen molar-refractivity contribution in [1.29, 1.82) is 0 Å². The molecular formula is C20H18ClN3OS. The van der Waals surface area contributed by atoms with Crippen LogP contribution in [0.15, 0.2) is 53.9 Å². The summed E-state index contributed by atoms with van der Waals surface area (Å²) in [5, 5.41) is 6.70. The molecule has 1 fully saturated rings. The van der Waals surface area contributed by atoms with Crippen molar-refractivity contribution < 1.29 is 4.79 Å². The van der Waals surface area contributed by atoms with Crippen LogP contribution in [0.2, 0.25) is 5.02 Å². The fourth-order valence-electron chi connectivity index (χ4n) is 3.01.